The van der Waals surface area contributed by atoms with E-state index in [1.54, 1.807) is 0 Å². The molecule has 3 rings (SSSR count). The number of likely N-dealkylation sites (tertiary alicyclic amines) is 1. The highest BCUT2D eigenvalue weighted by Crippen LogP contribution is 2.15. The van der Waals surface area contributed by atoms with Gasteiger partial charge in [-0.15, -0.1) is 0 Å². The summed E-state index contributed by atoms with van der Waals surface area (Å²) in [4.78, 5) is 22.7. The third-order valence-corrected chi connectivity index (χ3v) is 4.68. The second-order valence-corrected chi connectivity index (χ2v) is 6.80. The van der Waals surface area contributed by atoms with E-state index in [9.17, 15) is 4.79 Å². The number of aromatic nitrogens is 2. The van der Waals surface area contributed by atoms with Crippen LogP contribution in [-0.2, 0) is 24.2 Å². The minimum absolute atomic E-state index is 0.178. The second-order valence-electron chi connectivity index (χ2n) is 6.36. The summed E-state index contributed by atoms with van der Waals surface area (Å²) < 4.78 is 0. The van der Waals surface area contributed by atoms with Gasteiger partial charge in [0.25, 0.3) is 0 Å². The molecule has 25 heavy (non-hydrogen) atoms. The minimum Gasteiger partial charge on any atom is -0.341 e. The molecular weight excluding hydrogens is 336 g/mol. The lowest BCUT2D eigenvalue weighted by molar-refractivity contribution is -0.127. The Labute approximate surface area is 153 Å². The molecule has 0 unspecified atom stereocenters. The van der Waals surface area contributed by atoms with Gasteiger partial charge in [-0.2, -0.15) is 0 Å². The van der Waals surface area contributed by atoms with E-state index in [1.165, 1.54) is 0 Å². The molecule has 1 fully saturated rings. The lowest BCUT2D eigenvalue weighted by atomic mass is 10.1. The third kappa shape index (κ3) is 5.00. The molecule has 1 atom stereocenters. The molecule has 2 aromatic rings. The average molecular weight is 359 g/mol. The first kappa shape index (κ1) is 17.8. The zero-order valence-corrected chi connectivity index (χ0v) is 15.2. The van der Waals surface area contributed by atoms with Crippen molar-refractivity contribution in [2.75, 3.05) is 13.1 Å². The summed E-state index contributed by atoms with van der Waals surface area (Å²) in [6, 6.07) is 7.99. The predicted molar refractivity (Wildman–Crippen MR) is 98.4 cm³/mol. The highest BCUT2D eigenvalue weighted by Gasteiger charge is 2.28. The Kier molecular flexibility index (Phi) is 6.00. The Morgan fingerprint density at radius 1 is 1.28 bits per heavy atom. The van der Waals surface area contributed by atoms with Crippen LogP contribution >= 0.6 is 11.6 Å². The summed E-state index contributed by atoms with van der Waals surface area (Å²) in [5.41, 5.74) is 2.20. The fourth-order valence-corrected chi connectivity index (χ4v) is 3.21. The topological polar surface area (TPSA) is 58.1 Å². The normalized spacial score (nSPS) is 17.3. The zero-order chi connectivity index (χ0) is 17.6. The molecule has 0 aliphatic carbocycles. The Bertz CT molecular complexity index is 720. The number of carbonyl (C=O) groups excluding carboxylic acids is 1. The quantitative estimate of drug-likeness (QED) is 0.826. The van der Waals surface area contributed by atoms with E-state index in [0.717, 1.165) is 47.9 Å². The molecule has 5 nitrogen and oxygen atoms in total. The van der Waals surface area contributed by atoms with Gasteiger partial charge in [0.1, 0.15) is 5.82 Å². The maximum atomic E-state index is 12.2. The van der Waals surface area contributed by atoms with Crippen LogP contribution in [0.15, 0.2) is 36.7 Å². The van der Waals surface area contributed by atoms with Crippen LogP contribution in [0.25, 0.3) is 0 Å². The fraction of sp³-hybridized carbons (Fsp3) is 0.421. The van der Waals surface area contributed by atoms with E-state index in [0.29, 0.717) is 13.0 Å². The van der Waals surface area contributed by atoms with E-state index in [1.807, 2.05) is 48.5 Å². The summed E-state index contributed by atoms with van der Waals surface area (Å²) in [5, 5.41) is 4.18. The molecule has 0 radical (unpaired) electrons. The van der Waals surface area contributed by atoms with Crippen LogP contribution in [0.1, 0.15) is 30.3 Å². The second kappa shape index (κ2) is 8.41. The van der Waals surface area contributed by atoms with E-state index in [-0.39, 0.29) is 11.9 Å². The molecule has 132 valence electrons. The molecule has 1 aromatic heterocycles. The van der Waals surface area contributed by atoms with Gasteiger partial charge in [0, 0.05) is 61.5 Å². The van der Waals surface area contributed by atoms with Gasteiger partial charge in [0.05, 0.1) is 0 Å². The standard InChI is InChI=1S/C19H23ClN4O/c1-2-18-22-11-15(12-23-18)10-21-17-9-19(25)24(13-17)7-6-14-4-3-5-16(20)8-14/h3-5,8,11-12,17,21H,2,6-7,9-10,13H2,1H3/t17-/m1/s1. The van der Waals surface area contributed by atoms with Crippen LogP contribution in [0.2, 0.25) is 5.02 Å². The van der Waals surface area contributed by atoms with Crippen molar-refractivity contribution in [3.8, 4) is 0 Å². The van der Waals surface area contributed by atoms with Crippen molar-refractivity contribution in [2.24, 2.45) is 0 Å². The fourth-order valence-electron chi connectivity index (χ4n) is 3.00. The number of benzene rings is 1. The summed E-state index contributed by atoms with van der Waals surface area (Å²) in [7, 11) is 0. The summed E-state index contributed by atoms with van der Waals surface area (Å²) in [6.07, 6.45) is 5.92. The number of aryl methyl sites for hydroxylation is 1. The lowest BCUT2D eigenvalue weighted by Crippen LogP contribution is -2.33. The van der Waals surface area contributed by atoms with E-state index in [4.69, 9.17) is 11.6 Å². The molecule has 1 aromatic carbocycles. The Hall–Kier alpha value is -1.98. The predicted octanol–water partition coefficient (Wildman–Crippen LogP) is 2.63. The monoisotopic (exact) mass is 358 g/mol. The summed E-state index contributed by atoms with van der Waals surface area (Å²) in [5.74, 6) is 1.06. The molecule has 1 saturated heterocycles. The number of halogens is 1. The molecule has 1 N–H and O–H groups in total. The highest BCUT2D eigenvalue weighted by atomic mass is 35.5. The van der Waals surface area contributed by atoms with Crippen molar-refractivity contribution in [2.45, 2.75) is 38.8 Å². The van der Waals surface area contributed by atoms with E-state index < -0.39 is 0 Å². The van der Waals surface area contributed by atoms with Gasteiger partial charge in [0.15, 0.2) is 0 Å². The molecule has 1 aliphatic rings. The van der Waals surface area contributed by atoms with Gasteiger partial charge in [-0.1, -0.05) is 30.7 Å². The van der Waals surface area contributed by atoms with Gasteiger partial charge in [-0.25, -0.2) is 9.97 Å². The van der Waals surface area contributed by atoms with Crippen LogP contribution in [0.4, 0.5) is 0 Å². The number of carbonyl (C=O) groups is 1. The maximum Gasteiger partial charge on any atom is 0.224 e. The first-order valence-electron chi connectivity index (χ1n) is 8.69. The zero-order valence-electron chi connectivity index (χ0n) is 14.4. The molecule has 2 heterocycles. The number of rotatable bonds is 7. The number of amides is 1. The first-order valence-corrected chi connectivity index (χ1v) is 9.07. The van der Waals surface area contributed by atoms with Crippen molar-refractivity contribution in [1.29, 1.82) is 0 Å². The maximum absolute atomic E-state index is 12.2. The molecule has 0 bridgehead atoms. The largest absolute Gasteiger partial charge is 0.341 e. The van der Waals surface area contributed by atoms with Crippen molar-refractivity contribution < 1.29 is 4.79 Å². The average Bonchev–Trinajstić information content (AvgIpc) is 2.98. The van der Waals surface area contributed by atoms with Crippen LogP contribution < -0.4 is 5.32 Å². The van der Waals surface area contributed by atoms with E-state index >= 15 is 0 Å². The van der Waals surface area contributed by atoms with Gasteiger partial charge in [0.2, 0.25) is 5.91 Å². The third-order valence-electron chi connectivity index (χ3n) is 4.44. The van der Waals surface area contributed by atoms with Crippen molar-refractivity contribution in [3.63, 3.8) is 0 Å². The molecule has 0 saturated carbocycles. The van der Waals surface area contributed by atoms with Gasteiger partial charge in [-0.05, 0) is 24.1 Å². The van der Waals surface area contributed by atoms with Gasteiger partial charge < -0.3 is 10.2 Å². The highest BCUT2D eigenvalue weighted by molar-refractivity contribution is 6.30. The number of hydrogen-bond acceptors (Lipinski definition) is 4. The van der Waals surface area contributed by atoms with Crippen LogP contribution in [-0.4, -0.2) is 39.9 Å². The smallest absolute Gasteiger partial charge is 0.224 e. The van der Waals surface area contributed by atoms with Crippen molar-refractivity contribution in [3.05, 3.63) is 58.6 Å². The molecule has 0 spiro atoms. The van der Waals surface area contributed by atoms with Crippen LogP contribution in [0.5, 0.6) is 0 Å². The molecule has 6 heteroatoms. The van der Waals surface area contributed by atoms with Crippen LogP contribution in [0.3, 0.4) is 0 Å². The van der Waals surface area contributed by atoms with Crippen molar-refractivity contribution >= 4 is 17.5 Å². The number of nitrogens with one attached hydrogen (secondary N) is 1. The number of nitrogens with zero attached hydrogens (tertiary/aromatic N) is 3. The van der Waals surface area contributed by atoms with Gasteiger partial charge >= 0.3 is 0 Å². The molecular formula is C19H23ClN4O. The Balaban J connectivity index is 1.46. The minimum atomic E-state index is 0.178. The molecule has 1 amide bonds. The first-order chi connectivity index (χ1) is 12.1. The summed E-state index contributed by atoms with van der Waals surface area (Å²) >= 11 is 6.01. The number of hydrogen-bond donors (Lipinski definition) is 1. The Morgan fingerprint density at radius 2 is 2.08 bits per heavy atom. The van der Waals surface area contributed by atoms with Crippen LogP contribution in [0, 0.1) is 0 Å². The molecule has 1 aliphatic heterocycles. The SMILES string of the molecule is CCc1ncc(CN[C@@H]2CC(=O)N(CCc3cccc(Cl)c3)C2)cn1. The lowest BCUT2D eigenvalue weighted by Gasteiger charge is -2.17. The summed E-state index contributed by atoms with van der Waals surface area (Å²) in [6.45, 7) is 4.19. The van der Waals surface area contributed by atoms with Gasteiger partial charge in [-0.3, -0.25) is 4.79 Å². The van der Waals surface area contributed by atoms with Crippen molar-refractivity contribution in [1.82, 2.24) is 20.2 Å². The van der Waals surface area contributed by atoms with E-state index in [2.05, 4.69) is 15.3 Å². The Morgan fingerprint density at radius 3 is 2.80 bits per heavy atom.